The lowest BCUT2D eigenvalue weighted by Gasteiger charge is -2.35. The van der Waals surface area contributed by atoms with E-state index in [2.05, 4.69) is 44.5 Å². The van der Waals surface area contributed by atoms with Gasteiger partial charge in [0, 0.05) is 32.4 Å². The third-order valence-corrected chi connectivity index (χ3v) is 5.51. The van der Waals surface area contributed by atoms with Crippen molar-refractivity contribution in [1.29, 1.82) is 0 Å². The average molecular weight is 398 g/mol. The number of piperazine rings is 1. The summed E-state index contributed by atoms with van der Waals surface area (Å²) in [5.74, 6) is 0.880. The number of pyridine rings is 1. The molecule has 2 aromatic carbocycles. The second kappa shape index (κ2) is 7.94. The van der Waals surface area contributed by atoms with Crippen LogP contribution in [0.25, 0.3) is 10.8 Å². The minimum absolute atomic E-state index is 0.0696. The van der Waals surface area contributed by atoms with Crippen molar-refractivity contribution >= 4 is 22.5 Å². The highest BCUT2D eigenvalue weighted by atomic mass is 16.2. The van der Waals surface area contributed by atoms with Gasteiger partial charge in [-0.1, -0.05) is 53.7 Å². The number of aromatic nitrogens is 4. The fraction of sp³-hybridized carbons (Fsp3) is 0.217. The van der Waals surface area contributed by atoms with Crippen LogP contribution in [0.4, 0.5) is 5.82 Å². The van der Waals surface area contributed by atoms with E-state index in [-0.39, 0.29) is 5.91 Å². The highest BCUT2D eigenvalue weighted by molar-refractivity contribution is 5.92. The predicted octanol–water partition coefficient (Wildman–Crippen LogP) is 2.84. The molecule has 0 aliphatic carbocycles. The molecule has 30 heavy (non-hydrogen) atoms. The van der Waals surface area contributed by atoms with E-state index in [1.807, 2.05) is 41.3 Å². The Bertz CT molecular complexity index is 1160. The van der Waals surface area contributed by atoms with E-state index in [1.165, 1.54) is 10.8 Å². The first kappa shape index (κ1) is 18.3. The second-order valence-electron chi connectivity index (χ2n) is 7.41. The van der Waals surface area contributed by atoms with Gasteiger partial charge < -0.3 is 9.80 Å². The van der Waals surface area contributed by atoms with Crippen LogP contribution in [0, 0.1) is 0 Å². The third-order valence-electron chi connectivity index (χ3n) is 5.51. The summed E-state index contributed by atoms with van der Waals surface area (Å²) >= 11 is 0. The summed E-state index contributed by atoms with van der Waals surface area (Å²) in [5.41, 5.74) is 1.54. The number of hydrogen-bond acceptors (Lipinski definition) is 5. The van der Waals surface area contributed by atoms with Gasteiger partial charge in [-0.2, -0.15) is 0 Å². The van der Waals surface area contributed by atoms with Crippen LogP contribution >= 0.6 is 0 Å². The van der Waals surface area contributed by atoms with Gasteiger partial charge >= 0.3 is 0 Å². The molecule has 0 bridgehead atoms. The van der Waals surface area contributed by atoms with Gasteiger partial charge in [0.2, 0.25) is 0 Å². The maximum Gasteiger partial charge on any atom is 0.276 e. The van der Waals surface area contributed by atoms with Crippen LogP contribution in [0.1, 0.15) is 16.1 Å². The molecule has 1 amide bonds. The molecule has 0 saturated carbocycles. The minimum atomic E-state index is -0.0696. The first-order chi connectivity index (χ1) is 14.8. The molecule has 3 heterocycles. The SMILES string of the molecule is O=C(c1cn(Cc2cccc3ccccc23)nn1)N1CCN(c2ccccn2)CC1. The molecule has 7 nitrogen and oxygen atoms in total. The Morgan fingerprint density at radius 3 is 2.53 bits per heavy atom. The van der Waals surface area contributed by atoms with E-state index in [9.17, 15) is 4.79 Å². The predicted molar refractivity (Wildman–Crippen MR) is 115 cm³/mol. The minimum Gasteiger partial charge on any atom is -0.353 e. The summed E-state index contributed by atoms with van der Waals surface area (Å²) in [6, 6.07) is 20.4. The van der Waals surface area contributed by atoms with E-state index >= 15 is 0 Å². The van der Waals surface area contributed by atoms with Crippen LogP contribution in [0.5, 0.6) is 0 Å². The van der Waals surface area contributed by atoms with E-state index in [0.717, 1.165) is 24.5 Å². The molecule has 2 aromatic heterocycles. The zero-order valence-corrected chi connectivity index (χ0v) is 16.6. The molecule has 0 N–H and O–H groups in total. The van der Waals surface area contributed by atoms with Crippen molar-refractivity contribution in [2.45, 2.75) is 6.54 Å². The number of carbonyl (C=O) groups is 1. The topological polar surface area (TPSA) is 67.2 Å². The molecule has 7 heteroatoms. The molecule has 1 aliphatic heterocycles. The largest absolute Gasteiger partial charge is 0.353 e. The molecule has 0 radical (unpaired) electrons. The number of anilines is 1. The number of fused-ring (bicyclic) bond motifs is 1. The lowest BCUT2D eigenvalue weighted by Crippen LogP contribution is -2.49. The van der Waals surface area contributed by atoms with Gasteiger partial charge in [-0.25, -0.2) is 9.67 Å². The van der Waals surface area contributed by atoms with Gasteiger partial charge in [0.1, 0.15) is 5.82 Å². The molecule has 0 unspecified atom stereocenters. The molecule has 4 aromatic rings. The van der Waals surface area contributed by atoms with Crippen molar-refractivity contribution in [3.8, 4) is 0 Å². The molecule has 1 fully saturated rings. The van der Waals surface area contributed by atoms with Gasteiger partial charge in [-0.3, -0.25) is 4.79 Å². The monoisotopic (exact) mass is 398 g/mol. The highest BCUT2D eigenvalue weighted by Crippen LogP contribution is 2.19. The molecule has 0 spiro atoms. The summed E-state index contributed by atoms with van der Waals surface area (Å²) < 4.78 is 1.74. The number of nitrogens with zero attached hydrogens (tertiary/aromatic N) is 6. The quantitative estimate of drug-likeness (QED) is 0.529. The Hall–Kier alpha value is -3.74. The fourth-order valence-electron chi connectivity index (χ4n) is 3.92. The van der Waals surface area contributed by atoms with Crippen LogP contribution in [0.15, 0.2) is 73.1 Å². The Kier molecular flexibility index (Phi) is 4.85. The normalized spacial score (nSPS) is 14.3. The van der Waals surface area contributed by atoms with Gasteiger partial charge in [0.15, 0.2) is 5.69 Å². The molecule has 150 valence electrons. The summed E-state index contributed by atoms with van der Waals surface area (Å²) in [7, 11) is 0. The first-order valence-corrected chi connectivity index (χ1v) is 10.1. The van der Waals surface area contributed by atoms with E-state index in [0.29, 0.717) is 25.3 Å². The Balaban J connectivity index is 1.26. The number of benzene rings is 2. The Morgan fingerprint density at radius 2 is 1.70 bits per heavy atom. The van der Waals surface area contributed by atoms with Crippen LogP contribution in [0.2, 0.25) is 0 Å². The van der Waals surface area contributed by atoms with Gasteiger partial charge in [-0.15, -0.1) is 5.10 Å². The summed E-state index contributed by atoms with van der Waals surface area (Å²) in [5, 5.41) is 10.7. The second-order valence-corrected chi connectivity index (χ2v) is 7.41. The standard InChI is InChI=1S/C23H22N6O/c30-23(28-14-12-27(13-15-28)22-10-3-4-11-24-22)21-17-29(26-25-21)16-19-8-5-7-18-6-1-2-9-20(18)19/h1-11,17H,12-16H2. The van der Waals surface area contributed by atoms with Crippen molar-refractivity contribution < 1.29 is 4.79 Å². The zero-order chi connectivity index (χ0) is 20.3. The molecule has 1 saturated heterocycles. The summed E-state index contributed by atoms with van der Waals surface area (Å²) in [6.45, 7) is 3.38. The number of hydrogen-bond donors (Lipinski definition) is 0. The zero-order valence-electron chi connectivity index (χ0n) is 16.6. The van der Waals surface area contributed by atoms with Crippen molar-refractivity contribution in [3.05, 3.63) is 84.3 Å². The lowest BCUT2D eigenvalue weighted by molar-refractivity contribution is 0.0740. The maximum absolute atomic E-state index is 12.9. The fourth-order valence-corrected chi connectivity index (χ4v) is 3.92. The lowest BCUT2D eigenvalue weighted by atomic mass is 10.0. The third kappa shape index (κ3) is 3.61. The van der Waals surface area contributed by atoms with Crippen molar-refractivity contribution in [2.75, 3.05) is 31.1 Å². The smallest absolute Gasteiger partial charge is 0.276 e. The number of carbonyl (C=O) groups excluding carboxylic acids is 1. The van der Waals surface area contributed by atoms with Crippen molar-refractivity contribution in [3.63, 3.8) is 0 Å². The summed E-state index contributed by atoms with van der Waals surface area (Å²) in [4.78, 5) is 21.3. The highest BCUT2D eigenvalue weighted by Gasteiger charge is 2.24. The van der Waals surface area contributed by atoms with E-state index in [1.54, 1.807) is 17.1 Å². The van der Waals surface area contributed by atoms with Crippen LogP contribution < -0.4 is 4.90 Å². The molecule has 1 aliphatic rings. The first-order valence-electron chi connectivity index (χ1n) is 10.1. The van der Waals surface area contributed by atoms with Crippen molar-refractivity contribution in [1.82, 2.24) is 24.9 Å². The van der Waals surface area contributed by atoms with Crippen LogP contribution in [-0.4, -0.2) is 57.0 Å². The molecule has 0 atom stereocenters. The van der Waals surface area contributed by atoms with Gasteiger partial charge in [0.25, 0.3) is 5.91 Å². The Labute approximate surface area is 174 Å². The number of rotatable bonds is 4. The average Bonchev–Trinajstić information content (AvgIpc) is 3.28. The van der Waals surface area contributed by atoms with Crippen LogP contribution in [0.3, 0.4) is 0 Å². The van der Waals surface area contributed by atoms with Crippen LogP contribution in [-0.2, 0) is 6.54 Å². The maximum atomic E-state index is 12.9. The van der Waals surface area contributed by atoms with Gasteiger partial charge in [0.05, 0.1) is 12.7 Å². The molecule has 5 rings (SSSR count). The van der Waals surface area contributed by atoms with Crippen molar-refractivity contribution in [2.24, 2.45) is 0 Å². The number of amides is 1. The molecular formula is C23H22N6O. The summed E-state index contributed by atoms with van der Waals surface area (Å²) in [6.07, 6.45) is 3.54. The molecular weight excluding hydrogens is 376 g/mol. The van der Waals surface area contributed by atoms with E-state index in [4.69, 9.17) is 0 Å². The van der Waals surface area contributed by atoms with E-state index < -0.39 is 0 Å². The Morgan fingerprint density at radius 1 is 0.900 bits per heavy atom. The van der Waals surface area contributed by atoms with Gasteiger partial charge in [-0.05, 0) is 28.5 Å².